The number of esters is 1. The number of ether oxygens (including phenoxy) is 2. The molecule has 1 aromatic rings. The molecule has 1 amide bonds. The molecule has 3 rings (SSSR count). The molecule has 0 spiro atoms. The Hall–Kier alpha value is -2.22. The van der Waals surface area contributed by atoms with Crippen LogP contribution in [0, 0.1) is 0 Å². The Labute approximate surface area is 165 Å². The SMILES string of the molecule is O=C(/C=C/c1ccc(CNC2(C(=O)OC3CCCC3)CCOCC2)cc1)NO. The van der Waals surface area contributed by atoms with Gasteiger partial charge in [-0.25, -0.2) is 5.48 Å². The average Bonchev–Trinajstić information content (AvgIpc) is 3.25. The van der Waals surface area contributed by atoms with E-state index in [9.17, 15) is 9.59 Å². The van der Waals surface area contributed by atoms with Gasteiger partial charge in [0.2, 0.25) is 0 Å². The summed E-state index contributed by atoms with van der Waals surface area (Å²) in [5.74, 6) is -0.731. The summed E-state index contributed by atoms with van der Waals surface area (Å²) in [7, 11) is 0. The maximum Gasteiger partial charge on any atom is 0.326 e. The highest BCUT2D eigenvalue weighted by Crippen LogP contribution is 2.27. The predicted molar refractivity (Wildman–Crippen MR) is 103 cm³/mol. The smallest absolute Gasteiger partial charge is 0.326 e. The van der Waals surface area contributed by atoms with Crippen LogP contribution in [0.15, 0.2) is 30.3 Å². The lowest BCUT2D eigenvalue weighted by Crippen LogP contribution is -2.56. The van der Waals surface area contributed by atoms with E-state index in [0.29, 0.717) is 32.6 Å². The second kappa shape index (κ2) is 9.82. The van der Waals surface area contributed by atoms with Gasteiger partial charge >= 0.3 is 5.97 Å². The maximum atomic E-state index is 12.9. The zero-order valence-electron chi connectivity index (χ0n) is 16.0. The van der Waals surface area contributed by atoms with Gasteiger partial charge in [-0.2, -0.15) is 0 Å². The van der Waals surface area contributed by atoms with Gasteiger partial charge in [0.15, 0.2) is 0 Å². The fourth-order valence-corrected chi connectivity index (χ4v) is 3.67. The molecule has 1 aromatic carbocycles. The molecule has 7 heteroatoms. The summed E-state index contributed by atoms with van der Waals surface area (Å²) < 4.78 is 11.3. The number of hydroxylamine groups is 1. The van der Waals surface area contributed by atoms with Crippen LogP contribution in [-0.4, -0.2) is 41.9 Å². The second-order valence-corrected chi connectivity index (χ2v) is 7.41. The molecule has 1 aliphatic carbocycles. The highest BCUT2D eigenvalue weighted by atomic mass is 16.5. The van der Waals surface area contributed by atoms with E-state index in [0.717, 1.165) is 36.8 Å². The summed E-state index contributed by atoms with van der Waals surface area (Å²) in [5, 5.41) is 11.9. The number of rotatable bonds is 7. The van der Waals surface area contributed by atoms with Crippen LogP contribution in [-0.2, 0) is 25.6 Å². The third-order valence-corrected chi connectivity index (χ3v) is 5.46. The largest absolute Gasteiger partial charge is 0.461 e. The molecule has 152 valence electrons. The predicted octanol–water partition coefficient (Wildman–Crippen LogP) is 2.33. The van der Waals surface area contributed by atoms with E-state index in [4.69, 9.17) is 14.7 Å². The van der Waals surface area contributed by atoms with Crippen LogP contribution in [0.5, 0.6) is 0 Å². The maximum absolute atomic E-state index is 12.9. The fraction of sp³-hybridized carbons (Fsp3) is 0.524. The van der Waals surface area contributed by atoms with Crippen molar-refractivity contribution in [2.75, 3.05) is 13.2 Å². The van der Waals surface area contributed by atoms with Gasteiger partial charge in [0, 0.05) is 25.8 Å². The Balaban J connectivity index is 1.60. The summed E-state index contributed by atoms with van der Waals surface area (Å²) in [6.07, 6.45) is 8.31. The first-order valence-corrected chi connectivity index (χ1v) is 9.86. The number of carbonyl (C=O) groups is 2. The quantitative estimate of drug-likeness (QED) is 0.287. The van der Waals surface area contributed by atoms with Gasteiger partial charge in [-0.1, -0.05) is 24.3 Å². The summed E-state index contributed by atoms with van der Waals surface area (Å²) in [4.78, 5) is 24.0. The molecule has 0 aromatic heterocycles. The lowest BCUT2D eigenvalue weighted by Gasteiger charge is -2.36. The molecule has 0 atom stereocenters. The van der Waals surface area contributed by atoms with E-state index in [1.165, 1.54) is 6.08 Å². The van der Waals surface area contributed by atoms with Crippen LogP contribution in [0.25, 0.3) is 6.08 Å². The second-order valence-electron chi connectivity index (χ2n) is 7.41. The fourth-order valence-electron chi connectivity index (χ4n) is 3.67. The number of benzene rings is 1. The van der Waals surface area contributed by atoms with E-state index in [1.807, 2.05) is 24.3 Å². The van der Waals surface area contributed by atoms with Gasteiger partial charge in [-0.3, -0.25) is 20.1 Å². The number of carbonyl (C=O) groups excluding carboxylic acids is 2. The normalized spacial score (nSPS) is 19.6. The van der Waals surface area contributed by atoms with Crippen molar-refractivity contribution in [3.8, 4) is 0 Å². The molecule has 2 aliphatic rings. The molecule has 1 saturated heterocycles. The van der Waals surface area contributed by atoms with Gasteiger partial charge in [0.1, 0.15) is 11.6 Å². The summed E-state index contributed by atoms with van der Waals surface area (Å²) in [6, 6.07) is 7.65. The molecule has 1 aliphatic heterocycles. The molecule has 0 unspecified atom stereocenters. The summed E-state index contributed by atoms with van der Waals surface area (Å²) in [5.41, 5.74) is 2.73. The van der Waals surface area contributed by atoms with Crippen molar-refractivity contribution in [1.29, 1.82) is 0 Å². The van der Waals surface area contributed by atoms with Gasteiger partial charge < -0.3 is 9.47 Å². The van der Waals surface area contributed by atoms with E-state index >= 15 is 0 Å². The third-order valence-electron chi connectivity index (χ3n) is 5.46. The number of amides is 1. The van der Waals surface area contributed by atoms with Crippen molar-refractivity contribution in [2.24, 2.45) is 0 Å². The minimum absolute atomic E-state index is 0.0520. The van der Waals surface area contributed by atoms with Crippen molar-refractivity contribution in [3.63, 3.8) is 0 Å². The van der Waals surface area contributed by atoms with Gasteiger partial charge in [-0.05, 0) is 55.7 Å². The molecule has 1 saturated carbocycles. The van der Waals surface area contributed by atoms with Crippen LogP contribution < -0.4 is 10.8 Å². The molecule has 7 nitrogen and oxygen atoms in total. The lowest BCUT2D eigenvalue weighted by molar-refractivity contribution is -0.161. The van der Waals surface area contributed by atoms with Crippen LogP contribution in [0.3, 0.4) is 0 Å². The highest BCUT2D eigenvalue weighted by molar-refractivity contribution is 5.90. The average molecular weight is 388 g/mol. The molecule has 0 radical (unpaired) electrons. The van der Waals surface area contributed by atoms with Crippen LogP contribution >= 0.6 is 0 Å². The minimum atomic E-state index is -0.696. The van der Waals surface area contributed by atoms with Gasteiger partial charge in [0.25, 0.3) is 5.91 Å². The standard InChI is InChI=1S/C21H28N2O5/c24-19(23-26)10-9-16-5-7-17(8-6-16)15-22-21(11-13-27-14-12-21)20(25)28-18-3-1-2-4-18/h5-10,18,22,26H,1-4,11-15H2,(H,23,24)/b10-9+. The molecule has 0 bridgehead atoms. The van der Waals surface area contributed by atoms with Gasteiger partial charge in [-0.15, -0.1) is 0 Å². The van der Waals surface area contributed by atoms with Crippen molar-refractivity contribution >= 4 is 18.0 Å². The van der Waals surface area contributed by atoms with E-state index in [-0.39, 0.29) is 12.1 Å². The van der Waals surface area contributed by atoms with Crippen molar-refractivity contribution < 1.29 is 24.3 Å². The zero-order valence-corrected chi connectivity index (χ0v) is 16.0. The zero-order chi connectivity index (χ0) is 19.8. The van der Waals surface area contributed by atoms with Crippen LogP contribution in [0.2, 0.25) is 0 Å². The monoisotopic (exact) mass is 388 g/mol. The molecule has 28 heavy (non-hydrogen) atoms. The Kier molecular flexibility index (Phi) is 7.19. The molecule has 2 fully saturated rings. The first-order chi connectivity index (χ1) is 13.6. The number of nitrogens with one attached hydrogen (secondary N) is 2. The molecular formula is C21H28N2O5. The van der Waals surface area contributed by atoms with Crippen LogP contribution in [0.4, 0.5) is 0 Å². The Morgan fingerprint density at radius 2 is 1.86 bits per heavy atom. The van der Waals surface area contributed by atoms with Gasteiger partial charge in [0.05, 0.1) is 0 Å². The summed E-state index contributed by atoms with van der Waals surface area (Å²) in [6.45, 7) is 1.63. The number of hydrogen-bond acceptors (Lipinski definition) is 6. The van der Waals surface area contributed by atoms with Crippen molar-refractivity contribution in [2.45, 2.75) is 56.7 Å². The first-order valence-electron chi connectivity index (χ1n) is 9.86. The third kappa shape index (κ3) is 5.41. The van der Waals surface area contributed by atoms with E-state index < -0.39 is 11.4 Å². The minimum Gasteiger partial charge on any atom is -0.461 e. The van der Waals surface area contributed by atoms with Crippen molar-refractivity contribution in [3.05, 3.63) is 41.5 Å². The van der Waals surface area contributed by atoms with Crippen molar-refractivity contribution in [1.82, 2.24) is 10.8 Å². The Morgan fingerprint density at radius 3 is 2.50 bits per heavy atom. The molecule has 1 heterocycles. The lowest BCUT2D eigenvalue weighted by atomic mass is 9.89. The van der Waals surface area contributed by atoms with E-state index in [1.54, 1.807) is 11.6 Å². The molecular weight excluding hydrogens is 360 g/mol. The van der Waals surface area contributed by atoms with Crippen LogP contribution in [0.1, 0.15) is 49.7 Å². The van der Waals surface area contributed by atoms with E-state index in [2.05, 4.69) is 5.32 Å². The Bertz CT molecular complexity index is 689. The summed E-state index contributed by atoms with van der Waals surface area (Å²) >= 11 is 0. The first kappa shape index (κ1) is 20.5. The molecule has 3 N–H and O–H groups in total. The topological polar surface area (TPSA) is 96.9 Å². The number of hydrogen-bond donors (Lipinski definition) is 3. The Morgan fingerprint density at radius 1 is 1.18 bits per heavy atom. The highest BCUT2D eigenvalue weighted by Gasteiger charge is 2.42.